The van der Waals surface area contributed by atoms with Crippen molar-refractivity contribution in [2.24, 2.45) is 5.73 Å². The van der Waals surface area contributed by atoms with Crippen LogP contribution in [0, 0.1) is 0 Å². The van der Waals surface area contributed by atoms with Crippen molar-refractivity contribution in [3.05, 3.63) is 18.2 Å². The molecule has 0 fully saturated rings. The molecule has 3 N–H and O–H groups in total. The maximum Gasteiger partial charge on any atom is 0.122 e. The summed E-state index contributed by atoms with van der Waals surface area (Å²) >= 11 is 0. The van der Waals surface area contributed by atoms with E-state index in [1.807, 2.05) is 19.3 Å². The fraction of sp³-hybridized carbons (Fsp3) is 0.727. The van der Waals surface area contributed by atoms with E-state index in [1.54, 1.807) is 0 Å². The first kappa shape index (κ1) is 11.6. The van der Waals surface area contributed by atoms with Crippen molar-refractivity contribution >= 4 is 0 Å². The van der Waals surface area contributed by atoms with E-state index in [0.717, 1.165) is 38.4 Å². The third kappa shape index (κ3) is 2.61. The fourth-order valence-corrected chi connectivity index (χ4v) is 1.91. The average molecular weight is 224 g/mol. The van der Waals surface area contributed by atoms with Gasteiger partial charge in [-0.25, -0.2) is 4.98 Å². The maximum absolute atomic E-state index is 9.09. The number of imidazole rings is 1. The fourth-order valence-electron chi connectivity index (χ4n) is 1.91. The van der Waals surface area contributed by atoms with Crippen LogP contribution >= 0.6 is 0 Å². The minimum absolute atomic E-state index is 0.0372. The van der Waals surface area contributed by atoms with Gasteiger partial charge < -0.3 is 15.4 Å². The monoisotopic (exact) mass is 224 g/mol. The first-order valence-electron chi connectivity index (χ1n) is 5.73. The first-order chi connectivity index (χ1) is 7.61. The van der Waals surface area contributed by atoms with Gasteiger partial charge in [0.2, 0.25) is 0 Å². The lowest BCUT2D eigenvalue weighted by atomic mass is 10.0. The third-order valence-electron chi connectivity index (χ3n) is 3.18. The van der Waals surface area contributed by atoms with Gasteiger partial charge in [0.15, 0.2) is 0 Å². The molecule has 5 nitrogen and oxygen atoms in total. The Bertz CT molecular complexity index is 348. The van der Waals surface area contributed by atoms with Gasteiger partial charge in [0, 0.05) is 37.6 Å². The molecule has 0 amide bonds. The molecule has 90 valence electrons. The highest BCUT2D eigenvalue weighted by Gasteiger charge is 2.21. The molecule has 0 saturated carbocycles. The van der Waals surface area contributed by atoms with E-state index >= 15 is 0 Å². The zero-order valence-corrected chi connectivity index (χ0v) is 9.76. The van der Waals surface area contributed by atoms with Gasteiger partial charge in [-0.3, -0.25) is 4.90 Å². The Morgan fingerprint density at radius 3 is 3.12 bits per heavy atom. The molecule has 1 atom stereocenters. The van der Waals surface area contributed by atoms with Crippen LogP contribution in [0.5, 0.6) is 0 Å². The average Bonchev–Trinajstić information content (AvgIpc) is 2.73. The van der Waals surface area contributed by atoms with Crippen LogP contribution in [-0.2, 0) is 13.1 Å². The lowest BCUT2D eigenvalue weighted by Crippen LogP contribution is -2.44. The summed E-state index contributed by atoms with van der Waals surface area (Å²) in [4.78, 5) is 6.65. The Morgan fingerprint density at radius 2 is 2.38 bits per heavy atom. The molecule has 1 aromatic heterocycles. The molecule has 0 bridgehead atoms. The molecule has 5 heteroatoms. The van der Waals surface area contributed by atoms with Gasteiger partial charge in [0.05, 0.1) is 13.2 Å². The molecule has 2 heterocycles. The highest BCUT2D eigenvalue weighted by molar-refractivity contribution is 4.95. The molecule has 0 radical (unpaired) electrons. The Morgan fingerprint density at radius 1 is 1.56 bits per heavy atom. The predicted octanol–water partition coefficient (Wildman–Crippen LogP) is -0.201. The lowest BCUT2D eigenvalue weighted by molar-refractivity contribution is 0.158. The smallest absolute Gasteiger partial charge is 0.122 e. The van der Waals surface area contributed by atoms with Crippen molar-refractivity contribution in [1.29, 1.82) is 0 Å². The summed E-state index contributed by atoms with van der Waals surface area (Å²) in [5.74, 6) is 1.12. The van der Waals surface area contributed by atoms with Crippen molar-refractivity contribution in [3.8, 4) is 0 Å². The first-order valence-corrected chi connectivity index (χ1v) is 5.73. The van der Waals surface area contributed by atoms with E-state index in [9.17, 15) is 0 Å². The number of rotatable bonds is 4. The Hall–Kier alpha value is -0.910. The molecule has 0 aromatic carbocycles. The normalized spacial score (nSPS) is 20.4. The van der Waals surface area contributed by atoms with Crippen molar-refractivity contribution < 1.29 is 5.11 Å². The van der Waals surface area contributed by atoms with Gasteiger partial charge in [-0.2, -0.15) is 0 Å². The van der Waals surface area contributed by atoms with Gasteiger partial charge >= 0.3 is 0 Å². The van der Waals surface area contributed by atoms with Crippen LogP contribution in [0.4, 0.5) is 0 Å². The number of fused-ring (bicyclic) bond motifs is 1. The van der Waals surface area contributed by atoms with E-state index in [2.05, 4.69) is 14.5 Å². The van der Waals surface area contributed by atoms with Crippen LogP contribution in [0.25, 0.3) is 0 Å². The number of nitrogens with two attached hydrogens (primary N) is 1. The molecular weight excluding hydrogens is 204 g/mol. The maximum atomic E-state index is 9.09. The second kappa shape index (κ2) is 4.53. The SMILES string of the molecule is CC(N)(CO)CCN1CCn2ccnc2C1. The second-order valence-corrected chi connectivity index (χ2v) is 4.88. The number of hydrogen-bond donors (Lipinski definition) is 2. The van der Waals surface area contributed by atoms with Crippen LogP contribution < -0.4 is 5.73 Å². The molecule has 0 spiro atoms. The van der Waals surface area contributed by atoms with Gasteiger partial charge in [-0.15, -0.1) is 0 Å². The summed E-state index contributed by atoms with van der Waals surface area (Å²) in [6.45, 7) is 5.75. The number of aliphatic hydroxyl groups excluding tert-OH is 1. The van der Waals surface area contributed by atoms with Crippen LogP contribution in [-0.4, -0.2) is 44.8 Å². The molecule has 1 aliphatic heterocycles. The predicted molar refractivity (Wildman–Crippen MR) is 61.8 cm³/mol. The molecule has 0 aliphatic carbocycles. The highest BCUT2D eigenvalue weighted by Crippen LogP contribution is 2.13. The summed E-state index contributed by atoms with van der Waals surface area (Å²) in [5, 5.41) is 9.09. The van der Waals surface area contributed by atoms with Gasteiger partial charge in [-0.05, 0) is 13.3 Å². The topological polar surface area (TPSA) is 67.3 Å². The molecule has 1 aromatic rings. The summed E-state index contributed by atoms with van der Waals surface area (Å²) in [6, 6.07) is 0. The number of aliphatic hydroxyl groups is 1. The molecule has 0 saturated heterocycles. The molecular formula is C11H20N4O. The lowest BCUT2D eigenvalue weighted by Gasteiger charge is -2.30. The summed E-state index contributed by atoms with van der Waals surface area (Å²) in [7, 11) is 0. The second-order valence-electron chi connectivity index (χ2n) is 4.88. The highest BCUT2D eigenvalue weighted by atomic mass is 16.3. The van der Waals surface area contributed by atoms with Crippen molar-refractivity contribution in [1.82, 2.24) is 14.5 Å². The van der Waals surface area contributed by atoms with Crippen LogP contribution in [0.2, 0.25) is 0 Å². The van der Waals surface area contributed by atoms with Crippen LogP contribution in [0.1, 0.15) is 19.2 Å². The summed E-state index contributed by atoms with van der Waals surface area (Å²) in [6.07, 6.45) is 4.68. The molecule has 2 rings (SSSR count). The Kier molecular flexibility index (Phi) is 3.28. The zero-order valence-electron chi connectivity index (χ0n) is 9.76. The Balaban J connectivity index is 1.86. The minimum atomic E-state index is -0.465. The van der Waals surface area contributed by atoms with E-state index in [1.165, 1.54) is 0 Å². The minimum Gasteiger partial charge on any atom is -0.394 e. The number of hydrogen-bond acceptors (Lipinski definition) is 4. The standard InChI is InChI=1S/C11H20N4O/c1-11(12,9-16)2-4-14-6-7-15-5-3-13-10(15)8-14/h3,5,16H,2,4,6-9,12H2,1H3. The molecule has 1 unspecified atom stereocenters. The van der Waals surface area contributed by atoms with Gasteiger partial charge in [0.25, 0.3) is 0 Å². The summed E-state index contributed by atoms with van der Waals surface area (Å²) in [5.41, 5.74) is 5.44. The van der Waals surface area contributed by atoms with E-state index in [0.29, 0.717) is 0 Å². The Labute approximate surface area is 95.9 Å². The quantitative estimate of drug-likeness (QED) is 0.743. The largest absolute Gasteiger partial charge is 0.394 e. The van der Waals surface area contributed by atoms with Crippen molar-refractivity contribution in [2.45, 2.75) is 32.0 Å². The van der Waals surface area contributed by atoms with E-state index < -0.39 is 5.54 Å². The number of aromatic nitrogens is 2. The van der Waals surface area contributed by atoms with Crippen molar-refractivity contribution in [2.75, 3.05) is 19.7 Å². The molecule has 16 heavy (non-hydrogen) atoms. The third-order valence-corrected chi connectivity index (χ3v) is 3.18. The summed E-state index contributed by atoms with van der Waals surface area (Å²) < 4.78 is 2.18. The van der Waals surface area contributed by atoms with Crippen LogP contribution in [0.15, 0.2) is 12.4 Å². The van der Waals surface area contributed by atoms with Gasteiger partial charge in [-0.1, -0.05) is 0 Å². The van der Waals surface area contributed by atoms with E-state index in [4.69, 9.17) is 10.8 Å². The van der Waals surface area contributed by atoms with Gasteiger partial charge in [0.1, 0.15) is 5.82 Å². The number of nitrogens with zero attached hydrogens (tertiary/aromatic N) is 3. The van der Waals surface area contributed by atoms with E-state index in [-0.39, 0.29) is 6.61 Å². The van der Waals surface area contributed by atoms with Crippen molar-refractivity contribution in [3.63, 3.8) is 0 Å². The zero-order chi connectivity index (χ0) is 11.6. The van der Waals surface area contributed by atoms with Crippen LogP contribution in [0.3, 0.4) is 0 Å². The molecule has 1 aliphatic rings.